The summed E-state index contributed by atoms with van der Waals surface area (Å²) < 4.78 is 25.6. The molecule has 7 heteroatoms. The molecular weight excluding hydrogens is 336 g/mol. The van der Waals surface area contributed by atoms with Gasteiger partial charge in [-0.25, -0.2) is 18.4 Å². The highest BCUT2D eigenvalue weighted by Gasteiger charge is 2.29. The molecule has 132 valence electrons. The number of anilines is 2. The van der Waals surface area contributed by atoms with Crippen LogP contribution in [0.25, 0.3) is 11.3 Å². The zero-order chi connectivity index (χ0) is 17.6. The van der Waals surface area contributed by atoms with Crippen LogP contribution in [0.3, 0.4) is 0 Å². The van der Waals surface area contributed by atoms with E-state index in [-0.39, 0.29) is 0 Å². The van der Waals surface area contributed by atoms with E-state index >= 15 is 0 Å². The first-order valence-corrected chi connectivity index (χ1v) is 10.5. The number of nitrogens with one attached hydrogen (secondary N) is 1. The minimum atomic E-state index is -3.30. The van der Waals surface area contributed by atoms with E-state index in [4.69, 9.17) is 9.97 Å². The van der Waals surface area contributed by atoms with E-state index in [1.807, 2.05) is 18.2 Å². The summed E-state index contributed by atoms with van der Waals surface area (Å²) in [7, 11) is -3.30. The van der Waals surface area contributed by atoms with Gasteiger partial charge in [-0.2, -0.15) is 0 Å². The second kappa shape index (κ2) is 5.98. The molecule has 2 heterocycles. The van der Waals surface area contributed by atoms with E-state index < -0.39 is 10.0 Å². The van der Waals surface area contributed by atoms with E-state index in [2.05, 4.69) is 16.5 Å². The third kappa shape index (κ3) is 3.20. The average Bonchev–Trinajstić information content (AvgIpc) is 2.99. The molecule has 1 aromatic carbocycles. The summed E-state index contributed by atoms with van der Waals surface area (Å²) in [5, 5.41) is 0. The van der Waals surface area contributed by atoms with Gasteiger partial charge in [0.2, 0.25) is 16.0 Å². The van der Waals surface area contributed by atoms with Gasteiger partial charge < -0.3 is 4.90 Å². The minimum Gasteiger partial charge on any atom is -0.338 e. The lowest BCUT2D eigenvalue weighted by atomic mass is 10.0. The van der Waals surface area contributed by atoms with Crippen LogP contribution in [0.5, 0.6) is 0 Å². The highest BCUT2D eigenvalue weighted by molar-refractivity contribution is 7.92. The largest absolute Gasteiger partial charge is 0.338 e. The maximum Gasteiger partial charge on any atom is 0.229 e. The van der Waals surface area contributed by atoms with Gasteiger partial charge in [-0.1, -0.05) is 12.1 Å². The molecule has 1 aliphatic heterocycles. The van der Waals surface area contributed by atoms with Gasteiger partial charge in [0.1, 0.15) is 0 Å². The summed E-state index contributed by atoms with van der Waals surface area (Å²) in [5.74, 6) is 0.802. The fraction of sp³-hybridized carbons (Fsp3) is 0.444. The van der Waals surface area contributed by atoms with Crippen LogP contribution in [0.2, 0.25) is 0 Å². The third-order valence-electron chi connectivity index (χ3n) is 4.94. The molecule has 2 aliphatic rings. The zero-order valence-corrected chi connectivity index (χ0v) is 15.3. The fourth-order valence-electron chi connectivity index (χ4n) is 3.54. The maximum atomic E-state index is 11.5. The van der Waals surface area contributed by atoms with Crippen molar-refractivity contribution in [1.82, 2.24) is 9.97 Å². The molecule has 0 amide bonds. The molecule has 2 aromatic rings. The smallest absolute Gasteiger partial charge is 0.229 e. The lowest BCUT2D eigenvalue weighted by Crippen LogP contribution is -2.46. The van der Waals surface area contributed by atoms with Gasteiger partial charge in [-0.15, -0.1) is 0 Å². The SMILES string of the molecule is CC1CCN1c1nc2c(c(-c3cccc(NS(C)(=O)=O)c3)n1)CCC2. The normalized spacial score (nSPS) is 19.4. The van der Waals surface area contributed by atoms with Crippen LogP contribution >= 0.6 is 0 Å². The number of hydrogen-bond acceptors (Lipinski definition) is 5. The summed E-state index contributed by atoms with van der Waals surface area (Å²) in [6.07, 6.45) is 5.39. The van der Waals surface area contributed by atoms with Gasteiger partial charge in [-0.05, 0) is 44.7 Å². The van der Waals surface area contributed by atoms with Crippen molar-refractivity contribution in [3.8, 4) is 11.3 Å². The molecule has 1 fully saturated rings. The van der Waals surface area contributed by atoms with Gasteiger partial charge in [-0.3, -0.25) is 4.72 Å². The third-order valence-corrected chi connectivity index (χ3v) is 5.54. The molecule has 0 bridgehead atoms. The van der Waals surface area contributed by atoms with Gasteiger partial charge >= 0.3 is 0 Å². The highest BCUT2D eigenvalue weighted by atomic mass is 32.2. The number of fused-ring (bicyclic) bond motifs is 1. The first-order chi connectivity index (χ1) is 11.9. The molecule has 1 atom stereocenters. The van der Waals surface area contributed by atoms with Crippen LogP contribution < -0.4 is 9.62 Å². The van der Waals surface area contributed by atoms with E-state index in [0.29, 0.717) is 11.7 Å². The number of nitrogens with zero attached hydrogens (tertiary/aromatic N) is 3. The molecule has 1 aliphatic carbocycles. The molecule has 0 radical (unpaired) electrons. The molecule has 0 saturated carbocycles. The lowest BCUT2D eigenvalue weighted by molar-refractivity contribution is 0.470. The second-order valence-electron chi connectivity index (χ2n) is 6.94. The van der Waals surface area contributed by atoms with Crippen molar-refractivity contribution in [2.24, 2.45) is 0 Å². The molecule has 1 unspecified atom stereocenters. The van der Waals surface area contributed by atoms with Crippen LogP contribution in [0.4, 0.5) is 11.6 Å². The number of rotatable bonds is 4. The topological polar surface area (TPSA) is 75.2 Å². The Hall–Kier alpha value is -2.15. The fourth-order valence-corrected chi connectivity index (χ4v) is 4.10. The quantitative estimate of drug-likeness (QED) is 0.909. The lowest BCUT2D eigenvalue weighted by Gasteiger charge is -2.39. The molecule has 6 nitrogen and oxygen atoms in total. The van der Waals surface area contributed by atoms with E-state index in [1.54, 1.807) is 6.07 Å². The Labute approximate surface area is 148 Å². The number of aryl methyl sites for hydroxylation is 1. The molecule has 25 heavy (non-hydrogen) atoms. The molecule has 1 N–H and O–H groups in total. The Kier molecular flexibility index (Phi) is 3.91. The minimum absolute atomic E-state index is 0.477. The van der Waals surface area contributed by atoms with E-state index in [1.165, 1.54) is 12.0 Å². The summed E-state index contributed by atoms with van der Waals surface area (Å²) in [5.41, 5.74) is 4.77. The molecular formula is C18H22N4O2S. The van der Waals surface area contributed by atoms with Crippen molar-refractivity contribution in [3.63, 3.8) is 0 Å². The standard InChI is InChI=1S/C18H22N4O2S/c1-12-9-10-22(12)18-19-16-8-4-7-15(16)17(20-18)13-5-3-6-14(11-13)21-25(2,23)24/h3,5-6,11-12,21H,4,7-10H2,1-2H3. The molecule has 0 spiro atoms. The number of sulfonamides is 1. The Morgan fingerprint density at radius 2 is 2.08 bits per heavy atom. The van der Waals surface area contributed by atoms with Crippen molar-refractivity contribution in [3.05, 3.63) is 35.5 Å². The predicted molar refractivity (Wildman–Crippen MR) is 99.4 cm³/mol. The maximum absolute atomic E-state index is 11.5. The first kappa shape index (κ1) is 16.3. The number of aromatic nitrogens is 2. The Balaban J connectivity index is 1.78. The van der Waals surface area contributed by atoms with Crippen LogP contribution in [-0.4, -0.2) is 37.2 Å². The molecule has 1 saturated heterocycles. The van der Waals surface area contributed by atoms with Crippen LogP contribution in [0, 0.1) is 0 Å². The van der Waals surface area contributed by atoms with Crippen molar-refractivity contribution in [1.29, 1.82) is 0 Å². The van der Waals surface area contributed by atoms with Crippen LogP contribution in [-0.2, 0) is 22.9 Å². The van der Waals surface area contributed by atoms with E-state index in [9.17, 15) is 8.42 Å². The second-order valence-corrected chi connectivity index (χ2v) is 8.69. The highest BCUT2D eigenvalue weighted by Crippen LogP contribution is 2.34. The van der Waals surface area contributed by atoms with Gasteiger partial charge in [0.25, 0.3) is 0 Å². The van der Waals surface area contributed by atoms with Crippen LogP contribution in [0.1, 0.15) is 31.0 Å². The van der Waals surface area contributed by atoms with Crippen molar-refractivity contribution < 1.29 is 8.42 Å². The van der Waals surface area contributed by atoms with Gasteiger partial charge in [0.15, 0.2) is 0 Å². The Morgan fingerprint density at radius 3 is 2.76 bits per heavy atom. The van der Waals surface area contributed by atoms with E-state index in [0.717, 1.165) is 55.0 Å². The van der Waals surface area contributed by atoms with Crippen molar-refractivity contribution in [2.45, 2.75) is 38.6 Å². The van der Waals surface area contributed by atoms with Gasteiger partial charge in [0.05, 0.1) is 11.9 Å². The molecule has 1 aromatic heterocycles. The predicted octanol–water partition coefficient (Wildman–Crippen LogP) is 2.60. The Morgan fingerprint density at radius 1 is 1.24 bits per heavy atom. The molecule has 4 rings (SSSR count). The average molecular weight is 358 g/mol. The van der Waals surface area contributed by atoms with Gasteiger partial charge in [0, 0.05) is 35.1 Å². The zero-order valence-electron chi connectivity index (χ0n) is 14.5. The summed E-state index contributed by atoms with van der Waals surface area (Å²) in [6, 6.07) is 7.93. The number of hydrogen-bond donors (Lipinski definition) is 1. The first-order valence-electron chi connectivity index (χ1n) is 8.65. The monoisotopic (exact) mass is 358 g/mol. The summed E-state index contributed by atoms with van der Waals surface area (Å²) >= 11 is 0. The Bertz CT molecular complexity index is 927. The summed E-state index contributed by atoms with van der Waals surface area (Å²) in [6.45, 7) is 3.19. The number of benzene rings is 1. The van der Waals surface area contributed by atoms with Crippen LogP contribution in [0.15, 0.2) is 24.3 Å². The van der Waals surface area contributed by atoms with Crippen molar-refractivity contribution in [2.75, 3.05) is 22.4 Å². The summed E-state index contributed by atoms with van der Waals surface area (Å²) in [4.78, 5) is 11.9. The van der Waals surface area contributed by atoms with Crippen molar-refractivity contribution >= 4 is 21.7 Å².